The van der Waals surface area contributed by atoms with Gasteiger partial charge in [-0.15, -0.1) is 11.6 Å². The Morgan fingerprint density at radius 1 is 1.89 bits per heavy atom. The number of alkyl halides is 1. The number of ether oxygens (including phenoxy) is 1. The second-order valence-corrected chi connectivity index (χ2v) is 2.89. The van der Waals surface area contributed by atoms with Crippen molar-refractivity contribution >= 4 is 17.6 Å². The molecule has 0 aliphatic heterocycles. The van der Waals surface area contributed by atoms with Crippen LogP contribution < -0.4 is 5.73 Å². The van der Waals surface area contributed by atoms with E-state index in [0.29, 0.717) is 0 Å². The summed E-state index contributed by atoms with van der Waals surface area (Å²) in [4.78, 5) is 9.46. The molecular weight excluding hydrogens is 142 g/mol. The minimum atomic E-state index is -0.979. The van der Waals surface area contributed by atoms with Crippen molar-refractivity contribution in [3.8, 4) is 0 Å². The monoisotopic (exact) mass is 151 g/mol. The molecule has 0 saturated heterocycles. The minimum absolute atomic E-state index is 0.0328. The van der Waals surface area contributed by atoms with Gasteiger partial charge in [0.05, 0.1) is 18.5 Å². The van der Waals surface area contributed by atoms with Gasteiger partial charge in [0.15, 0.2) is 0 Å². The van der Waals surface area contributed by atoms with Gasteiger partial charge in [0.25, 0.3) is 0 Å². The molecule has 0 bridgehead atoms. The van der Waals surface area contributed by atoms with Gasteiger partial charge in [0.2, 0.25) is 0 Å². The maximum absolute atomic E-state index is 10.4. The van der Waals surface area contributed by atoms with Crippen molar-refractivity contribution in [2.75, 3.05) is 7.11 Å². The highest BCUT2D eigenvalue weighted by molar-refractivity contribution is 6.24. The highest BCUT2D eigenvalue weighted by Crippen LogP contribution is 2.10. The van der Waals surface area contributed by atoms with Crippen LogP contribution in [0.15, 0.2) is 0 Å². The molecule has 0 aliphatic rings. The number of carbonyl (C=O) groups excluding carboxylic acids is 1. The molecule has 0 rings (SSSR count). The number of hydrogen-bond donors (Lipinski definition) is 1. The summed E-state index contributed by atoms with van der Waals surface area (Å²) in [6, 6.07) is 0. The number of methoxy groups -OCH3 is 1. The normalized spacial score (nSPS) is 16.4. The van der Waals surface area contributed by atoms with E-state index < -0.39 is 11.0 Å². The fraction of sp³-hybridized carbons (Fsp3) is 0.800. The van der Waals surface area contributed by atoms with Crippen LogP contribution in [0.5, 0.6) is 0 Å². The predicted molar refractivity (Wildman–Crippen MR) is 35.1 cm³/mol. The molecule has 1 atom stereocenters. The molecule has 0 aromatic rings. The third kappa shape index (κ3) is 5.59. The van der Waals surface area contributed by atoms with Crippen molar-refractivity contribution in [3.05, 3.63) is 0 Å². The summed E-state index contributed by atoms with van der Waals surface area (Å²) in [6.07, 6.45) is 0.0328. The van der Waals surface area contributed by atoms with Crippen LogP contribution in [0.4, 0.5) is 0 Å². The minimum Gasteiger partial charge on any atom is -0.469 e. The highest BCUT2D eigenvalue weighted by atomic mass is 35.5. The molecule has 2 N–H and O–H groups in total. The van der Waals surface area contributed by atoms with E-state index in [1.807, 2.05) is 0 Å². The van der Waals surface area contributed by atoms with Crippen molar-refractivity contribution in [3.63, 3.8) is 0 Å². The molecule has 0 fully saturated rings. The smallest absolute Gasteiger partial charge is 0.308 e. The van der Waals surface area contributed by atoms with Gasteiger partial charge in [-0.1, -0.05) is 0 Å². The van der Waals surface area contributed by atoms with Crippen LogP contribution in [-0.4, -0.2) is 18.1 Å². The summed E-state index contributed by atoms with van der Waals surface area (Å²) in [7, 11) is 1.30. The van der Waals surface area contributed by atoms with Gasteiger partial charge in [0, 0.05) is 0 Å². The van der Waals surface area contributed by atoms with Gasteiger partial charge in [-0.2, -0.15) is 0 Å². The SMILES string of the molecule is COC(=O)CC(C)(N)Cl. The molecule has 9 heavy (non-hydrogen) atoms. The zero-order valence-electron chi connectivity index (χ0n) is 5.48. The lowest BCUT2D eigenvalue weighted by molar-refractivity contribution is -0.141. The molecule has 0 aromatic carbocycles. The summed E-state index contributed by atoms with van der Waals surface area (Å²) >= 11 is 5.48. The molecule has 0 spiro atoms. The molecule has 0 amide bonds. The summed E-state index contributed by atoms with van der Waals surface area (Å²) < 4.78 is 4.32. The van der Waals surface area contributed by atoms with Gasteiger partial charge in [-0.25, -0.2) is 0 Å². The van der Waals surface area contributed by atoms with E-state index in [1.165, 1.54) is 7.11 Å². The van der Waals surface area contributed by atoms with Gasteiger partial charge in [0.1, 0.15) is 0 Å². The fourth-order valence-electron chi connectivity index (χ4n) is 0.354. The third-order valence-electron chi connectivity index (χ3n) is 0.718. The Balaban J connectivity index is 3.60. The second-order valence-electron chi connectivity index (χ2n) is 2.03. The number of halogens is 1. The van der Waals surface area contributed by atoms with Crippen LogP contribution in [0.1, 0.15) is 13.3 Å². The van der Waals surface area contributed by atoms with Crippen molar-refractivity contribution < 1.29 is 9.53 Å². The molecule has 54 valence electrons. The van der Waals surface area contributed by atoms with Crippen LogP contribution in [0.3, 0.4) is 0 Å². The van der Waals surface area contributed by atoms with Crippen LogP contribution in [0.2, 0.25) is 0 Å². The van der Waals surface area contributed by atoms with Crippen LogP contribution in [-0.2, 0) is 9.53 Å². The Bertz CT molecular complexity index is 108. The molecular formula is C5H10ClNO2. The zero-order chi connectivity index (χ0) is 7.49. The van der Waals surface area contributed by atoms with Crippen molar-refractivity contribution in [1.82, 2.24) is 0 Å². The van der Waals surface area contributed by atoms with Crippen molar-refractivity contribution in [2.24, 2.45) is 5.73 Å². The molecule has 0 heterocycles. The van der Waals surface area contributed by atoms with E-state index in [9.17, 15) is 4.79 Å². The highest BCUT2D eigenvalue weighted by Gasteiger charge is 2.18. The first-order valence-electron chi connectivity index (χ1n) is 2.50. The summed E-state index contributed by atoms with van der Waals surface area (Å²) in [5, 5.41) is 0. The lowest BCUT2D eigenvalue weighted by Gasteiger charge is -2.12. The Labute approximate surface area is 59.1 Å². The standard InChI is InChI=1S/C5H10ClNO2/c1-5(6,7)3-4(8)9-2/h3,7H2,1-2H3. The fourth-order valence-corrected chi connectivity index (χ4v) is 0.464. The third-order valence-corrected chi connectivity index (χ3v) is 0.851. The maximum atomic E-state index is 10.4. The van der Waals surface area contributed by atoms with E-state index in [2.05, 4.69) is 4.74 Å². The first kappa shape index (κ1) is 8.72. The molecule has 0 aromatic heterocycles. The number of nitrogens with two attached hydrogens (primary N) is 1. The van der Waals surface area contributed by atoms with Gasteiger partial charge < -0.3 is 10.5 Å². The van der Waals surface area contributed by atoms with E-state index in [0.717, 1.165) is 0 Å². The lowest BCUT2D eigenvalue weighted by Crippen LogP contribution is -2.32. The van der Waals surface area contributed by atoms with Crippen molar-refractivity contribution in [2.45, 2.75) is 18.3 Å². The average Bonchev–Trinajstić information content (AvgIpc) is 1.62. The van der Waals surface area contributed by atoms with E-state index in [-0.39, 0.29) is 6.42 Å². The largest absolute Gasteiger partial charge is 0.469 e. The van der Waals surface area contributed by atoms with E-state index >= 15 is 0 Å². The first-order valence-corrected chi connectivity index (χ1v) is 2.88. The number of rotatable bonds is 2. The van der Waals surface area contributed by atoms with Gasteiger partial charge in [-0.05, 0) is 6.92 Å². The van der Waals surface area contributed by atoms with Gasteiger partial charge in [-0.3, -0.25) is 4.79 Å². The molecule has 4 heteroatoms. The Morgan fingerprint density at radius 3 is 2.44 bits per heavy atom. The van der Waals surface area contributed by atoms with Crippen LogP contribution in [0, 0.1) is 0 Å². The van der Waals surface area contributed by atoms with Crippen molar-refractivity contribution in [1.29, 1.82) is 0 Å². The molecule has 0 saturated carbocycles. The summed E-state index contributed by atoms with van der Waals surface area (Å²) in [6.45, 7) is 1.55. The van der Waals surface area contributed by atoms with E-state index in [1.54, 1.807) is 6.92 Å². The summed E-state index contributed by atoms with van der Waals surface area (Å²) in [5.74, 6) is -0.394. The maximum Gasteiger partial charge on any atom is 0.308 e. The second kappa shape index (κ2) is 3.03. The molecule has 3 nitrogen and oxygen atoms in total. The first-order chi connectivity index (χ1) is 3.95. The number of hydrogen-bond acceptors (Lipinski definition) is 3. The average molecular weight is 152 g/mol. The topological polar surface area (TPSA) is 52.3 Å². The van der Waals surface area contributed by atoms with Crippen LogP contribution in [0.25, 0.3) is 0 Å². The summed E-state index contributed by atoms with van der Waals surface area (Å²) in [5.41, 5.74) is 5.28. The Morgan fingerprint density at radius 2 is 2.33 bits per heavy atom. The number of carbonyl (C=O) groups is 1. The van der Waals surface area contributed by atoms with Gasteiger partial charge >= 0.3 is 5.97 Å². The lowest BCUT2D eigenvalue weighted by atomic mass is 10.2. The van der Waals surface area contributed by atoms with Crippen LogP contribution >= 0.6 is 11.6 Å². The molecule has 1 unspecified atom stereocenters. The quantitative estimate of drug-likeness (QED) is 0.355. The molecule has 0 aliphatic carbocycles. The Hall–Kier alpha value is -0.280. The van der Waals surface area contributed by atoms with E-state index in [4.69, 9.17) is 17.3 Å². The predicted octanol–water partition coefficient (Wildman–Crippen LogP) is 0.463. The zero-order valence-corrected chi connectivity index (χ0v) is 6.23. The number of esters is 1. The molecule has 0 radical (unpaired) electrons. The Kier molecular flexibility index (Phi) is 2.94.